The molecule has 0 radical (unpaired) electrons. The Morgan fingerprint density at radius 1 is 1.33 bits per heavy atom. The number of fused-ring (bicyclic) bond motifs is 1. The third-order valence-electron chi connectivity index (χ3n) is 5.49. The van der Waals surface area contributed by atoms with Gasteiger partial charge in [-0.2, -0.15) is 4.98 Å². The summed E-state index contributed by atoms with van der Waals surface area (Å²) in [5.74, 6) is 1.34. The first-order valence-corrected chi connectivity index (χ1v) is 10.1. The maximum absolute atomic E-state index is 12.5. The largest absolute Gasteiger partial charge is 0.368 e. The molecule has 6 heteroatoms. The molecule has 0 amide bonds. The first-order chi connectivity index (χ1) is 13.0. The molecule has 2 aromatic rings. The van der Waals surface area contributed by atoms with E-state index in [1.807, 2.05) is 24.3 Å². The van der Waals surface area contributed by atoms with Crippen LogP contribution in [-0.4, -0.2) is 33.9 Å². The summed E-state index contributed by atoms with van der Waals surface area (Å²) in [5, 5.41) is 7.88. The molecule has 2 heterocycles. The number of nitrogens with zero attached hydrogens (tertiary/aromatic N) is 2. The number of ketones is 1. The molecule has 6 nitrogen and oxygen atoms in total. The van der Waals surface area contributed by atoms with E-state index in [4.69, 9.17) is 5.73 Å². The number of anilines is 2. The second-order valence-corrected chi connectivity index (χ2v) is 7.85. The van der Waals surface area contributed by atoms with Crippen LogP contribution in [0.3, 0.4) is 0 Å². The molecule has 0 spiro atoms. The van der Waals surface area contributed by atoms with Crippen LogP contribution in [0.15, 0.2) is 24.3 Å². The molecule has 4 N–H and O–H groups in total. The van der Waals surface area contributed by atoms with E-state index in [0.29, 0.717) is 12.2 Å². The highest BCUT2D eigenvalue weighted by atomic mass is 16.1. The lowest BCUT2D eigenvalue weighted by Gasteiger charge is -2.32. The Kier molecular flexibility index (Phi) is 6.26. The summed E-state index contributed by atoms with van der Waals surface area (Å²) in [6.45, 7) is 5.32. The molecule has 1 unspecified atom stereocenters. The number of carbonyl (C=O) groups is 1. The number of carbonyl (C=O) groups excluding carboxylic acids is 1. The van der Waals surface area contributed by atoms with Crippen molar-refractivity contribution in [3.05, 3.63) is 24.3 Å². The highest BCUT2D eigenvalue weighted by Crippen LogP contribution is 2.29. The number of nitrogen functional groups attached to an aromatic ring is 1. The first-order valence-electron chi connectivity index (χ1n) is 10.1. The van der Waals surface area contributed by atoms with Gasteiger partial charge in [-0.3, -0.25) is 4.79 Å². The molecular weight excluding hydrogens is 338 g/mol. The number of rotatable bonds is 9. The summed E-state index contributed by atoms with van der Waals surface area (Å²) in [4.78, 5) is 21.3. The third kappa shape index (κ3) is 4.95. The van der Waals surface area contributed by atoms with Gasteiger partial charge in [-0.05, 0) is 51.3 Å². The first kappa shape index (κ1) is 19.5. The van der Waals surface area contributed by atoms with Crippen LogP contribution < -0.4 is 16.4 Å². The SMILES string of the molecule is CCCCC(C)(CCC(=O)[C@@H]1CCCN1)Nc1nc(N)nc2ccccc12. The Labute approximate surface area is 161 Å². The minimum absolute atomic E-state index is 0.0379. The lowest BCUT2D eigenvalue weighted by molar-refractivity contribution is -0.121. The summed E-state index contributed by atoms with van der Waals surface area (Å²) in [6, 6.07) is 7.91. The van der Waals surface area contributed by atoms with Crippen molar-refractivity contribution in [3.63, 3.8) is 0 Å². The molecule has 1 aromatic heterocycles. The van der Waals surface area contributed by atoms with Gasteiger partial charge in [0, 0.05) is 17.3 Å². The minimum Gasteiger partial charge on any atom is -0.368 e. The van der Waals surface area contributed by atoms with Gasteiger partial charge >= 0.3 is 0 Å². The molecule has 2 atom stereocenters. The second-order valence-electron chi connectivity index (χ2n) is 7.85. The van der Waals surface area contributed by atoms with Crippen molar-refractivity contribution >= 4 is 28.5 Å². The smallest absolute Gasteiger partial charge is 0.222 e. The van der Waals surface area contributed by atoms with E-state index in [2.05, 4.69) is 34.4 Å². The molecular formula is C21H31N5O. The number of unbranched alkanes of at least 4 members (excludes halogenated alkanes) is 1. The van der Waals surface area contributed by atoms with Crippen molar-refractivity contribution in [1.82, 2.24) is 15.3 Å². The van der Waals surface area contributed by atoms with E-state index in [1.165, 1.54) is 0 Å². The van der Waals surface area contributed by atoms with Gasteiger partial charge in [0.2, 0.25) is 5.95 Å². The fourth-order valence-corrected chi connectivity index (χ4v) is 3.83. The van der Waals surface area contributed by atoms with Crippen molar-refractivity contribution < 1.29 is 4.79 Å². The summed E-state index contributed by atoms with van der Waals surface area (Å²) in [7, 11) is 0. The fourth-order valence-electron chi connectivity index (χ4n) is 3.83. The van der Waals surface area contributed by atoms with Gasteiger partial charge in [0.05, 0.1) is 11.6 Å². The maximum Gasteiger partial charge on any atom is 0.222 e. The molecule has 0 bridgehead atoms. The molecule has 1 aromatic carbocycles. The van der Waals surface area contributed by atoms with Crippen molar-refractivity contribution in [3.8, 4) is 0 Å². The Morgan fingerprint density at radius 2 is 2.15 bits per heavy atom. The van der Waals surface area contributed by atoms with Gasteiger partial charge in [0.15, 0.2) is 0 Å². The number of aromatic nitrogens is 2. The molecule has 1 aliphatic rings. The monoisotopic (exact) mass is 369 g/mol. The zero-order chi connectivity index (χ0) is 19.3. The van der Waals surface area contributed by atoms with Gasteiger partial charge in [-0.1, -0.05) is 31.9 Å². The van der Waals surface area contributed by atoms with Crippen LogP contribution in [0.4, 0.5) is 11.8 Å². The van der Waals surface area contributed by atoms with Crippen LogP contribution >= 0.6 is 0 Å². The van der Waals surface area contributed by atoms with E-state index in [1.54, 1.807) is 0 Å². The summed E-state index contributed by atoms with van der Waals surface area (Å²) >= 11 is 0. The number of nitrogens with two attached hydrogens (primary N) is 1. The number of hydrogen-bond acceptors (Lipinski definition) is 6. The summed E-state index contributed by atoms with van der Waals surface area (Å²) in [5.41, 5.74) is 6.54. The van der Waals surface area contributed by atoms with Gasteiger partial charge in [0.1, 0.15) is 11.6 Å². The van der Waals surface area contributed by atoms with Crippen LogP contribution in [0.25, 0.3) is 10.9 Å². The molecule has 146 valence electrons. The van der Waals surface area contributed by atoms with E-state index < -0.39 is 0 Å². The number of nitrogens with one attached hydrogen (secondary N) is 2. The van der Waals surface area contributed by atoms with Crippen molar-refractivity contribution in [2.24, 2.45) is 0 Å². The van der Waals surface area contributed by atoms with Gasteiger partial charge in [-0.15, -0.1) is 0 Å². The molecule has 3 rings (SSSR count). The van der Waals surface area contributed by atoms with Crippen LogP contribution in [-0.2, 0) is 4.79 Å². The molecule has 1 fully saturated rings. The second kappa shape index (κ2) is 8.65. The van der Waals surface area contributed by atoms with E-state index in [0.717, 1.165) is 61.8 Å². The Morgan fingerprint density at radius 3 is 2.89 bits per heavy atom. The average molecular weight is 370 g/mol. The molecule has 0 saturated carbocycles. The molecule has 1 aliphatic heterocycles. The Hall–Kier alpha value is -2.21. The lowest BCUT2D eigenvalue weighted by atomic mass is 9.87. The topological polar surface area (TPSA) is 92.9 Å². The zero-order valence-electron chi connectivity index (χ0n) is 16.4. The highest BCUT2D eigenvalue weighted by Gasteiger charge is 2.29. The van der Waals surface area contributed by atoms with Gasteiger partial charge < -0.3 is 16.4 Å². The van der Waals surface area contributed by atoms with Crippen LogP contribution in [0.1, 0.15) is 58.8 Å². The van der Waals surface area contributed by atoms with Crippen molar-refractivity contribution in [2.45, 2.75) is 70.4 Å². The average Bonchev–Trinajstić information content (AvgIpc) is 3.19. The van der Waals surface area contributed by atoms with Gasteiger partial charge in [-0.25, -0.2) is 4.98 Å². The molecule has 0 aliphatic carbocycles. The quantitative estimate of drug-likeness (QED) is 0.624. The maximum atomic E-state index is 12.5. The van der Waals surface area contributed by atoms with Crippen LogP contribution in [0, 0.1) is 0 Å². The highest BCUT2D eigenvalue weighted by molar-refractivity contribution is 5.90. The number of Topliss-reactive ketones (excluding diaryl/α,β-unsaturated/α-hetero) is 1. The number of hydrogen-bond donors (Lipinski definition) is 3. The van der Waals surface area contributed by atoms with Crippen molar-refractivity contribution in [2.75, 3.05) is 17.6 Å². The van der Waals surface area contributed by atoms with Crippen LogP contribution in [0.5, 0.6) is 0 Å². The van der Waals surface area contributed by atoms with E-state index in [-0.39, 0.29) is 17.5 Å². The number of benzene rings is 1. The van der Waals surface area contributed by atoms with Crippen LogP contribution in [0.2, 0.25) is 0 Å². The van der Waals surface area contributed by atoms with Crippen molar-refractivity contribution in [1.29, 1.82) is 0 Å². The zero-order valence-corrected chi connectivity index (χ0v) is 16.4. The predicted octanol–water partition coefficient (Wildman–Crippen LogP) is 3.67. The summed E-state index contributed by atoms with van der Waals surface area (Å²) < 4.78 is 0. The molecule has 1 saturated heterocycles. The Balaban J connectivity index is 1.78. The molecule has 27 heavy (non-hydrogen) atoms. The summed E-state index contributed by atoms with van der Waals surface area (Å²) in [6.07, 6.45) is 6.59. The minimum atomic E-state index is -0.214. The standard InChI is InChI=1S/C21H31N5O/c1-3-4-12-21(2,13-11-18(27)17-10-7-14-23-17)26-19-15-8-5-6-9-16(15)24-20(22)25-19/h5-6,8-9,17,23H,3-4,7,10-14H2,1-2H3,(H3,22,24,25,26)/t17-,21?/m0/s1. The fraction of sp³-hybridized carbons (Fsp3) is 0.571. The Bertz CT molecular complexity index is 787. The predicted molar refractivity (Wildman–Crippen MR) is 111 cm³/mol. The van der Waals surface area contributed by atoms with Gasteiger partial charge in [0.25, 0.3) is 0 Å². The third-order valence-corrected chi connectivity index (χ3v) is 5.49. The normalized spacial score (nSPS) is 19.1. The van der Waals surface area contributed by atoms with E-state index >= 15 is 0 Å². The van der Waals surface area contributed by atoms with E-state index in [9.17, 15) is 4.79 Å². The number of para-hydroxylation sites is 1. The lowest BCUT2D eigenvalue weighted by Crippen LogP contribution is -2.38.